The highest BCUT2D eigenvalue weighted by Gasteiger charge is 2.28. The molecule has 0 aliphatic rings. The zero-order valence-corrected chi connectivity index (χ0v) is 16.9. The summed E-state index contributed by atoms with van der Waals surface area (Å²) >= 11 is 0. The van der Waals surface area contributed by atoms with E-state index in [9.17, 15) is 13.2 Å². The average Bonchev–Trinajstić information content (AvgIpc) is 2.61. The van der Waals surface area contributed by atoms with E-state index in [4.69, 9.17) is 4.74 Å². The lowest BCUT2D eigenvalue weighted by Crippen LogP contribution is -2.47. The number of rotatable bonds is 7. The Balaban J connectivity index is 2.36. The summed E-state index contributed by atoms with van der Waals surface area (Å²) < 4.78 is 33.2. The molecule has 0 saturated heterocycles. The minimum atomic E-state index is -4.00. The van der Waals surface area contributed by atoms with Gasteiger partial charge in [0.1, 0.15) is 10.6 Å². The molecule has 0 unspecified atom stereocenters. The molecule has 0 radical (unpaired) electrons. The molecular weight excluding hydrogens is 366 g/mol. The van der Waals surface area contributed by atoms with Crippen LogP contribution in [0.1, 0.15) is 38.1 Å². The van der Waals surface area contributed by atoms with Gasteiger partial charge in [-0.1, -0.05) is 26.0 Å². The van der Waals surface area contributed by atoms with Crippen LogP contribution in [0.15, 0.2) is 47.6 Å². The number of ether oxygens (including phenoxy) is 1. The van der Waals surface area contributed by atoms with Crippen LogP contribution in [0.5, 0.6) is 5.75 Å². The van der Waals surface area contributed by atoms with Crippen molar-refractivity contribution in [1.29, 1.82) is 0 Å². The van der Waals surface area contributed by atoms with Crippen molar-refractivity contribution in [3.63, 3.8) is 0 Å². The molecule has 1 heterocycles. The van der Waals surface area contributed by atoms with Gasteiger partial charge in [-0.2, -0.15) is 0 Å². The van der Waals surface area contributed by atoms with Crippen LogP contribution in [0.3, 0.4) is 0 Å². The molecule has 0 aliphatic carbocycles. The Morgan fingerprint density at radius 1 is 1.19 bits per heavy atom. The molecule has 2 rings (SSSR count). The Morgan fingerprint density at radius 2 is 1.85 bits per heavy atom. The lowest BCUT2D eigenvalue weighted by Gasteiger charge is -2.30. The smallest absolute Gasteiger partial charge is 0.262 e. The lowest BCUT2D eigenvalue weighted by atomic mass is 9.90. The van der Waals surface area contributed by atoms with E-state index in [2.05, 4.69) is 15.0 Å². The first kappa shape index (κ1) is 20.7. The summed E-state index contributed by atoms with van der Waals surface area (Å²) in [5, 5.41) is 2.90. The first-order chi connectivity index (χ1) is 12.6. The maximum absolute atomic E-state index is 12.9. The number of hydrogen-bond donors (Lipinski definition) is 2. The molecule has 146 valence electrons. The predicted octanol–water partition coefficient (Wildman–Crippen LogP) is 3.06. The Labute approximate surface area is 160 Å². The van der Waals surface area contributed by atoms with E-state index in [1.807, 2.05) is 27.7 Å². The summed E-state index contributed by atoms with van der Waals surface area (Å²) in [6.45, 7) is 7.76. The highest BCUT2D eigenvalue weighted by Crippen LogP contribution is 2.23. The summed E-state index contributed by atoms with van der Waals surface area (Å²) in [6, 6.07) is 7.60. The molecule has 0 saturated carbocycles. The van der Waals surface area contributed by atoms with E-state index < -0.39 is 21.5 Å². The topological polar surface area (TPSA) is 97.4 Å². The van der Waals surface area contributed by atoms with E-state index in [0.717, 1.165) is 0 Å². The van der Waals surface area contributed by atoms with Gasteiger partial charge >= 0.3 is 0 Å². The Hall–Kier alpha value is -2.61. The number of sulfonamides is 1. The normalized spacial score (nSPS) is 11.9. The number of nitrogens with one attached hydrogen (secondary N) is 2. The van der Waals surface area contributed by atoms with Crippen LogP contribution in [0, 0.1) is 5.92 Å². The van der Waals surface area contributed by atoms with Gasteiger partial charge < -0.3 is 10.1 Å². The lowest BCUT2D eigenvalue weighted by molar-refractivity contribution is 0.0887. The first-order valence-electron chi connectivity index (χ1n) is 8.50. The fourth-order valence-electron chi connectivity index (χ4n) is 2.19. The van der Waals surface area contributed by atoms with E-state index in [1.54, 1.807) is 12.1 Å². The molecule has 0 aliphatic heterocycles. The van der Waals surface area contributed by atoms with Gasteiger partial charge in [0.25, 0.3) is 15.9 Å². The molecule has 0 atom stereocenters. The van der Waals surface area contributed by atoms with Gasteiger partial charge in [0.15, 0.2) is 0 Å². The van der Waals surface area contributed by atoms with Crippen molar-refractivity contribution in [1.82, 2.24) is 10.3 Å². The number of amides is 1. The predicted molar refractivity (Wildman–Crippen MR) is 104 cm³/mol. The molecule has 1 amide bonds. The minimum absolute atomic E-state index is 0.0783. The quantitative estimate of drug-likeness (QED) is 0.756. The van der Waals surface area contributed by atoms with Crippen molar-refractivity contribution >= 4 is 21.6 Å². The Bertz CT molecular complexity index is 924. The number of carbonyl (C=O) groups is 1. The maximum atomic E-state index is 12.9. The molecule has 2 N–H and O–H groups in total. The van der Waals surface area contributed by atoms with E-state index >= 15 is 0 Å². The molecule has 1 aromatic carbocycles. The monoisotopic (exact) mass is 391 g/mol. The molecule has 7 nitrogen and oxygen atoms in total. The van der Waals surface area contributed by atoms with Crippen molar-refractivity contribution in [3.8, 4) is 5.75 Å². The molecule has 1 aromatic heterocycles. The molecule has 0 spiro atoms. The summed E-state index contributed by atoms with van der Waals surface area (Å²) in [7, 11) is -2.53. The molecule has 0 bridgehead atoms. The van der Waals surface area contributed by atoms with Crippen molar-refractivity contribution in [2.75, 3.05) is 11.8 Å². The second-order valence-electron chi connectivity index (χ2n) is 7.05. The average molecular weight is 391 g/mol. The number of aromatic nitrogens is 1. The van der Waals surface area contributed by atoms with Crippen LogP contribution in [0.4, 0.5) is 5.69 Å². The van der Waals surface area contributed by atoms with Crippen LogP contribution >= 0.6 is 0 Å². The summed E-state index contributed by atoms with van der Waals surface area (Å²) in [5.74, 6) is 0.143. The molecule has 27 heavy (non-hydrogen) atoms. The van der Waals surface area contributed by atoms with Crippen LogP contribution in [0.2, 0.25) is 0 Å². The third-order valence-corrected chi connectivity index (χ3v) is 5.94. The van der Waals surface area contributed by atoms with Gasteiger partial charge in [-0.3, -0.25) is 14.5 Å². The van der Waals surface area contributed by atoms with Crippen molar-refractivity contribution < 1.29 is 17.9 Å². The van der Waals surface area contributed by atoms with Gasteiger partial charge in [0, 0.05) is 11.6 Å². The number of carbonyl (C=O) groups excluding carboxylic acids is 1. The third-order valence-electron chi connectivity index (χ3n) is 4.50. The molecular formula is C19H25N3O4S. The van der Waals surface area contributed by atoms with Crippen LogP contribution in [-0.4, -0.2) is 32.0 Å². The number of methoxy groups -OCH3 is 1. The largest absolute Gasteiger partial charge is 0.495 e. The number of nitrogens with zero attached hydrogens (tertiary/aromatic N) is 1. The minimum Gasteiger partial charge on any atom is -0.495 e. The highest BCUT2D eigenvalue weighted by molar-refractivity contribution is 7.92. The maximum Gasteiger partial charge on any atom is 0.262 e. The zero-order valence-electron chi connectivity index (χ0n) is 16.1. The number of benzene rings is 1. The Morgan fingerprint density at radius 3 is 2.48 bits per heavy atom. The van der Waals surface area contributed by atoms with Crippen LogP contribution in [-0.2, 0) is 10.0 Å². The summed E-state index contributed by atoms with van der Waals surface area (Å²) in [4.78, 5) is 16.6. The van der Waals surface area contributed by atoms with E-state index in [0.29, 0.717) is 5.75 Å². The van der Waals surface area contributed by atoms with Crippen molar-refractivity contribution in [2.24, 2.45) is 5.92 Å². The first-order valence-corrected chi connectivity index (χ1v) is 9.98. The second-order valence-corrected chi connectivity index (χ2v) is 8.70. The van der Waals surface area contributed by atoms with Crippen LogP contribution in [0.25, 0.3) is 0 Å². The summed E-state index contributed by atoms with van der Waals surface area (Å²) in [5.41, 5.74) is -0.167. The van der Waals surface area contributed by atoms with Gasteiger partial charge in [-0.15, -0.1) is 0 Å². The third kappa shape index (κ3) is 4.97. The van der Waals surface area contributed by atoms with Gasteiger partial charge in [0.05, 0.1) is 30.8 Å². The van der Waals surface area contributed by atoms with E-state index in [1.165, 1.54) is 37.7 Å². The van der Waals surface area contributed by atoms with Gasteiger partial charge in [-0.25, -0.2) is 8.42 Å². The van der Waals surface area contributed by atoms with Gasteiger partial charge in [0.2, 0.25) is 0 Å². The standard InChI is InChI=1S/C19H25N3O4S/c1-13(2)19(3,4)21-18(23)16-8-6-7-9-17(16)27(24,25)22-14-10-15(26-5)12-20-11-14/h6-13,22H,1-5H3,(H,21,23). The highest BCUT2D eigenvalue weighted by atomic mass is 32.2. The molecule has 8 heteroatoms. The van der Waals surface area contributed by atoms with Crippen molar-refractivity contribution in [3.05, 3.63) is 48.3 Å². The fraction of sp³-hybridized carbons (Fsp3) is 0.368. The zero-order chi connectivity index (χ0) is 20.2. The fourth-order valence-corrected chi connectivity index (χ4v) is 3.43. The second kappa shape index (κ2) is 7.96. The molecule has 2 aromatic rings. The number of hydrogen-bond acceptors (Lipinski definition) is 5. The summed E-state index contributed by atoms with van der Waals surface area (Å²) in [6.07, 6.45) is 2.83. The number of anilines is 1. The van der Waals surface area contributed by atoms with Crippen LogP contribution < -0.4 is 14.8 Å². The van der Waals surface area contributed by atoms with Crippen molar-refractivity contribution in [2.45, 2.75) is 38.1 Å². The number of pyridine rings is 1. The van der Waals surface area contributed by atoms with Gasteiger partial charge in [-0.05, 0) is 31.9 Å². The Kier molecular flexibility index (Phi) is 6.10. The SMILES string of the molecule is COc1cncc(NS(=O)(=O)c2ccccc2C(=O)NC(C)(C)C(C)C)c1. The van der Waals surface area contributed by atoms with E-state index in [-0.39, 0.29) is 22.1 Å². The molecule has 0 fully saturated rings.